The zero-order valence-corrected chi connectivity index (χ0v) is 14.0. The minimum absolute atomic E-state index is 0.944. The van der Waals surface area contributed by atoms with Gasteiger partial charge in [0, 0.05) is 10.2 Å². The van der Waals surface area contributed by atoms with Gasteiger partial charge in [-0.3, -0.25) is 0 Å². The van der Waals surface area contributed by atoms with E-state index in [2.05, 4.69) is 77.3 Å². The van der Waals surface area contributed by atoms with Crippen molar-refractivity contribution in [2.75, 3.05) is 5.32 Å². The second-order valence-corrected chi connectivity index (χ2v) is 6.98. The van der Waals surface area contributed by atoms with Crippen LogP contribution in [0.15, 0.2) is 34.8 Å². The fourth-order valence-corrected chi connectivity index (χ4v) is 3.96. The number of hydrogen-bond donors (Lipinski definition) is 1. The van der Waals surface area contributed by atoms with Crippen LogP contribution >= 0.6 is 27.3 Å². The van der Waals surface area contributed by atoms with E-state index in [1.807, 2.05) is 0 Å². The molecule has 0 spiro atoms. The van der Waals surface area contributed by atoms with Gasteiger partial charge in [0.25, 0.3) is 0 Å². The predicted molar refractivity (Wildman–Crippen MR) is 91.3 cm³/mol. The van der Waals surface area contributed by atoms with E-state index in [-0.39, 0.29) is 0 Å². The molecule has 0 saturated carbocycles. The number of aryl methyl sites for hydroxylation is 3. The fraction of sp³-hybridized carbons (Fsp3) is 0.188. The summed E-state index contributed by atoms with van der Waals surface area (Å²) >= 11 is 5.22. The smallest absolute Gasteiger partial charge is 0.188 e. The summed E-state index contributed by atoms with van der Waals surface area (Å²) in [6, 6.07) is 10.6. The quantitative estimate of drug-likeness (QED) is 0.641. The summed E-state index contributed by atoms with van der Waals surface area (Å²) < 4.78 is 2.33. The van der Waals surface area contributed by atoms with Crippen LogP contribution in [0.4, 0.5) is 10.8 Å². The van der Waals surface area contributed by atoms with Crippen molar-refractivity contribution < 1.29 is 0 Å². The summed E-state index contributed by atoms with van der Waals surface area (Å²) in [6.45, 7) is 6.32. The first-order valence-corrected chi connectivity index (χ1v) is 8.05. The van der Waals surface area contributed by atoms with Gasteiger partial charge in [-0.15, -0.1) is 0 Å². The Morgan fingerprint density at radius 3 is 2.45 bits per heavy atom. The Hall–Kier alpha value is -1.39. The van der Waals surface area contributed by atoms with Crippen molar-refractivity contribution >= 4 is 48.3 Å². The number of fused-ring (bicyclic) bond motifs is 1. The number of halogens is 1. The van der Waals surface area contributed by atoms with Gasteiger partial charge in [-0.1, -0.05) is 33.3 Å². The lowest BCUT2D eigenvalue weighted by molar-refractivity contribution is 1.33. The minimum atomic E-state index is 0.944. The van der Waals surface area contributed by atoms with E-state index in [4.69, 9.17) is 0 Å². The maximum atomic E-state index is 4.65. The average Bonchev–Trinajstić information content (AvgIpc) is 2.75. The lowest BCUT2D eigenvalue weighted by atomic mass is 10.1. The molecule has 4 heteroatoms. The zero-order chi connectivity index (χ0) is 14.3. The van der Waals surface area contributed by atoms with E-state index < -0.39 is 0 Å². The SMILES string of the molecule is Cc1ccc2nc(Nc3c(C)cc(Br)cc3C)sc2c1. The van der Waals surface area contributed by atoms with Crippen LogP contribution < -0.4 is 5.32 Å². The standard InChI is InChI=1S/C16H15BrN2S/c1-9-4-5-13-14(6-9)20-16(18-13)19-15-10(2)7-12(17)8-11(15)3/h4-8H,1-3H3,(H,18,19). The number of nitrogens with zero attached hydrogens (tertiary/aromatic N) is 1. The summed E-state index contributed by atoms with van der Waals surface area (Å²) in [5, 5.41) is 4.41. The van der Waals surface area contributed by atoms with Crippen LogP contribution in [-0.2, 0) is 0 Å². The first kappa shape index (κ1) is 13.6. The first-order chi connectivity index (χ1) is 9.52. The number of nitrogens with one attached hydrogen (secondary N) is 1. The molecule has 0 amide bonds. The lowest BCUT2D eigenvalue weighted by Gasteiger charge is -2.11. The molecule has 0 atom stereocenters. The van der Waals surface area contributed by atoms with E-state index in [9.17, 15) is 0 Å². The molecule has 0 bridgehead atoms. The maximum Gasteiger partial charge on any atom is 0.188 e. The van der Waals surface area contributed by atoms with Crippen molar-refractivity contribution in [2.45, 2.75) is 20.8 Å². The molecule has 3 aromatic rings. The van der Waals surface area contributed by atoms with Crippen LogP contribution in [0.25, 0.3) is 10.2 Å². The molecule has 102 valence electrons. The van der Waals surface area contributed by atoms with Crippen molar-refractivity contribution in [1.82, 2.24) is 4.98 Å². The molecule has 3 rings (SSSR count). The minimum Gasteiger partial charge on any atom is -0.331 e. The molecule has 0 saturated heterocycles. The Labute approximate surface area is 131 Å². The van der Waals surface area contributed by atoms with Crippen molar-refractivity contribution in [3.05, 3.63) is 51.5 Å². The molecule has 0 aliphatic heterocycles. The van der Waals surface area contributed by atoms with Crippen LogP contribution in [0, 0.1) is 20.8 Å². The summed E-state index contributed by atoms with van der Waals surface area (Å²) in [5.74, 6) is 0. The zero-order valence-electron chi connectivity index (χ0n) is 11.6. The number of hydrogen-bond acceptors (Lipinski definition) is 3. The lowest BCUT2D eigenvalue weighted by Crippen LogP contribution is -1.95. The highest BCUT2D eigenvalue weighted by atomic mass is 79.9. The van der Waals surface area contributed by atoms with Gasteiger partial charge in [-0.25, -0.2) is 4.98 Å². The highest BCUT2D eigenvalue weighted by Gasteiger charge is 2.08. The van der Waals surface area contributed by atoms with Crippen LogP contribution in [0.1, 0.15) is 16.7 Å². The Balaban J connectivity index is 2.01. The molecule has 0 radical (unpaired) electrons. The number of rotatable bonds is 2. The van der Waals surface area contributed by atoms with Gasteiger partial charge in [-0.2, -0.15) is 0 Å². The third-order valence-electron chi connectivity index (χ3n) is 3.27. The monoisotopic (exact) mass is 346 g/mol. The number of aromatic nitrogens is 1. The Kier molecular flexibility index (Phi) is 3.52. The van der Waals surface area contributed by atoms with Crippen molar-refractivity contribution in [2.24, 2.45) is 0 Å². The average molecular weight is 347 g/mol. The first-order valence-electron chi connectivity index (χ1n) is 6.44. The Morgan fingerprint density at radius 1 is 1.05 bits per heavy atom. The molecule has 1 aromatic heterocycles. The van der Waals surface area contributed by atoms with Gasteiger partial charge in [0.1, 0.15) is 0 Å². The van der Waals surface area contributed by atoms with Gasteiger partial charge in [0.05, 0.1) is 10.2 Å². The van der Waals surface area contributed by atoms with Crippen LogP contribution in [0.3, 0.4) is 0 Å². The second kappa shape index (κ2) is 5.19. The Bertz CT molecular complexity index is 769. The van der Waals surface area contributed by atoms with Crippen molar-refractivity contribution in [3.8, 4) is 0 Å². The molecular formula is C16H15BrN2S. The molecule has 0 fully saturated rings. The van der Waals surface area contributed by atoms with E-state index in [0.717, 1.165) is 20.8 Å². The largest absolute Gasteiger partial charge is 0.331 e. The van der Waals surface area contributed by atoms with Gasteiger partial charge in [-0.05, 0) is 61.7 Å². The van der Waals surface area contributed by atoms with Crippen LogP contribution in [0.2, 0.25) is 0 Å². The highest BCUT2D eigenvalue weighted by Crippen LogP contribution is 2.32. The van der Waals surface area contributed by atoms with E-state index in [1.54, 1.807) is 11.3 Å². The number of thiazole rings is 1. The molecule has 20 heavy (non-hydrogen) atoms. The van der Waals surface area contributed by atoms with Gasteiger partial charge >= 0.3 is 0 Å². The fourth-order valence-electron chi connectivity index (χ4n) is 2.30. The molecular weight excluding hydrogens is 332 g/mol. The summed E-state index contributed by atoms with van der Waals surface area (Å²) in [7, 11) is 0. The van der Waals surface area contributed by atoms with Gasteiger partial charge < -0.3 is 5.32 Å². The molecule has 2 nitrogen and oxygen atoms in total. The third kappa shape index (κ3) is 2.58. The van der Waals surface area contributed by atoms with Gasteiger partial charge in [0.15, 0.2) is 5.13 Å². The molecule has 2 aromatic carbocycles. The molecule has 1 N–H and O–H groups in total. The topological polar surface area (TPSA) is 24.9 Å². The number of anilines is 2. The van der Waals surface area contributed by atoms with E-state index in [0.29, 0.717) is 0 Å². The molecule has 0 unspecified atom stereocenters. The predicted octanol–water partition coefficient (Wildman–Crippen LogP) is 5.73. The molecule has 0 aliphatic carbocycles. The van der Waals surface area contributed by atoms with Crippen molar-refractivity contribution in [3.63, 3.8) is 0 Å². The van der Waals surface area contributed by atoms with Crippen LogP contribution in [0.5, 0.6) is 0 Å². The van der Waals surface area contributed by atoms with Crippen LogP contribution in [-0.4, -0.2) is 4.98 Å². The highest BCUT2D eigenvalue weighted by molar-refractivity contribution is 9.10. The maximum absolute atomic E-state index is 4.65. The molecule has 1 heterocycles. The molecule has 0 aliphatic rings. The third-order valence-corrected chi connectivity index (χ3v) is 4.66. The Morgan fingerprint density at radius 2 is 1.75 bits per heavy atom. The summed E-state index contributed by atoms with van der Waals surface area (Å²) in [5.41, 5.74) is 5.89. The second-order valence-electron chi connectivity index (χ2n) is 5.03. The van der Waals surface area contributed by atoms with E-state index >= 15 is 0 Å². The van der Waals surface area contributed by atoms with Gasteiger partial charge in [0.2, 0.25) is 0 Å². The summed E-state index contributed by atoms with van der Waals surface area (Å²) in [4.78, 5) is 4.65. The normalized spacial score (nSPS) is 11.0. The van der Waals surface area contributed by atoms with E-state index in [1.165, 1.54) is 21.4 Å². The van der Waals surface area contributed by atoms with Crippen molar-refractivity contribution in [1.29, 1.82) is 0 Å². The summed E-state index contributed by atoms with van der Waals surface area (Å²) in [6.07, 6.45) is 0. The number of benzene rings is 2.